The number of fused-ring (bicyclic) bond motifs is 1. The zero-order chi connectivity index (χ0) is 21.1. The quantitative estimate of drug-likeness (QED) is 0.229. The number of benzene rings is 2. The zero-order valence-electron chi connectivity index (χ0n) is 16.5. The van der Waals surface area contributed by atoms with Crippen molar-refractivity contribution in [2.75, 3.05) is 12.4 Å². The fourth-order valence-corrected chi connectivity index (χ4v) is 4.26. The van der Waals surface area contributed by atoms with Crippen LogP contribution in [0.4, 0.5) is 5.82 Å². The number of anilines is 1. The molecule has 0 aliphatic heterocycles. The predicted molar refractivity (Wildman–Crippen MR) is 118 cm³/mol. The van der Waals surface area contributed by atoms with Crippen LogP contribution in [-0.4, -0.2) is 22.8 Å². The van der Waals surface area contributed by atoms with Crippen LogP contribution in [0.3, 0.4) is 0 Å². The van der Waals surface area contributed by atoms with Crippen molar-refractivity contribution in [1.29, 1.82) is 0 Å². The molecule has 0 atom stereocenters. The average molecular weight is 442 g/mol. The van der Waals surface area contributed by atoms with Crippen LogP contribution in [-0.2, 0) is 16.3 Å². The van der Waals surface area contributed by atoms with Crippen molar-refractivity contribution in [3.8, 4) is 11.5 Å². The Bertz CT molecular complexity index is 1180. The summed E-state index contributed by atoms with van der Waals surface area (Å²) in [6.07, 6.45) is 1.77. The van der Waals surface area contributed by atoms with Crippen molar-refractivity contribution in [3.63, 3.8) is 0 Å². The molecule has 0 radical (unpaired) electrons. The van der Waals surface area contributed by atoms with E-state index < -0.39 is 0 Å². The highest BCUT2D eigenvalue weighted by Gasteiger charge is 2.15. The number of amides is 1. The smallest absolute Gasteiger partial charge is 0.257 e. The van der Waals surface area contributed by atoms with Crippen molar-refractivity contribution < 1.29 is 18.8 Å². The molecular weight excluding hydrogens is 422 g/mol. The number of rotatable bonds is 7. The molecule has 0 bridgehead atoms. The molecule has 1 amide bonds. The first-order chi connectivity index (χ1) is 14.5. The standard InChI is InChI=1S/C21H19N3O4S2/c1-13-10-17-18(27-15-4-6-16(7-5-15)30-28-26-3)11-14(12-19(17)29-13)21(25)22-20-8-9-24(2)23-20/h4-12H,1-3H3,(H,22,23,25). The van der Waals surface area contributed by atoms with E-state index in [1.807, 2.05) is 37.3 Å². The normalized spacial score (nSPS) is 11.0. The number of carbonyl (C=O) groups is 1. The van der Waals surface area contributed by atoms with E-state index >= 15 is 0 Å². The van der Waals surface area contributed by atoms with Crippen molar-refractivity contribution >= 4 is 45.2 Å². The van der Waals surface area contributed by atoms with E-state index in [0.29, 0.717) is 22.9 Å². The minimum Gasteiger partial charge on any atom is -0.457 e. The first-order valence-electron chi connectivity index (χ1n) is 9.02. The van der Waals surface area contributed by atoms with Crippen molar-refractivity contribution in [1.82, 2.24) is 9.78 Å². The molecule has 4 aromatic rings. The summed E-state index contributed by atoms with van der Waals surface area (Å²) in [5.74, 6) is 1.54. The number of aryl methyl sites for hydroxylation is 2. The number of nitrogens with one attached hydrogen (secondary N) is 1. The SMILES string of the molecule is COOSc1ccc(Oc2cc(C(=O)Nc3ccn(C)n3)cc3sc(C)cc23)cc1. The number of carbonyl (C=O) groups excluding carboxylic acids is 1. The van der Waals surface area contributed by atoms with E-state index in [1.54, 1.807) is 41.4 Å². The van der Waals surface area contributed by atoms with E-state index in [0.717, 1.165) is 31.9 Å². The van der Waals surface area contributed by atoms with Crippen LogP contribution in [0.5, 0.6) is 11.5 Å². The molecule has 154 valence electrons. The highest BCUT2D eigenvalue weighted by molar-refractivity contribution is 7.94. The van der Waals surface area contributed by atoms with Gasteiger partial charge in [0.05, 0.1) is 19.2 Å². The third kappa shape index (κ3) is 4.65. The monoisotopic (exact) mass is 441 g/mol. The lowest BCUT2D eigenvalue weighted by molar-refractivity contribution is -0.160. The molecular formula is C21H19N3O4S2. The van der Waals surface area contributed by atoms with Crippen LogP contribution in [0.25, 0.3) is 10.1 Å². The van der Waals surface area contributed by atoms with Gasteiger partial charge in [-0.3, -0.25) is 9.48 Å². The van der Waals surface area contributed by atoms with Gasteiger partial charge < -0.3 is 10.1 Å². The Morgan fingerprint density at radius 2 is 1.97 bits per heavy atom. The Kier molecular flexibility index (Phi) is 6.05. The number of hydrogen-bond donors (Lipinski definition) is 1. The number of nitrogens with zero attached hydrogens (tertiary/aromatic N) is 2. The summed E-state index contributed by atoms with van der Waals surface area (Å²) in [4.78, 5) is 19.4. The number of aromatic nitrogens is 2. The molecule has 30 heavy (non-hydrogen) atoms. The van der Waals surface area contributed by atoms with Gasteiger partial charge in [0.15, 0.2) is 5.82 Å². The highest BCUT2D eigenvalue weighted by Crippen LogP contribution is 2.37. The van der Waals surface area contributed by atoms with Gasteiger partial charge in [0, 0.05) is 44.7 Å². The second kappa shape index (κ2) is 8.88. The maximum absolute atomic E-state index is 12.8. The summed E-state index contributed by atoms with van der Waals surface area (Å²) in [5.41, 5.74) is 0.505. The summed E-state index contributed by atoms with van der Waals surface area (Å²) < 4.78 is 13.6. The Labute approximate surface area is 181 Å². The Morgan fingerprint density at radius 3 is 2.67 bits per heavy atom. The number of thiophene rings is 1. The zero-order valence-corrected chi connectivity index (χ0v) is 18.2. The van der Waals surface area contributed by atoms with Gasteiger partial charge in [-0.15, -0.1) is 11.3 Å². The average Bonchev–Trinajstić information content (AvgIpc) is 3.31. The summed E-state index contributed by atoms with van der Waals surface area (Å²) in [7, 11) is 3.25. The lowest BCUT2D eigenvalue weighted by atomic mass is 10.1. The molecule has 0 saturated heterocycles. The molecule has 2 aromatic carbocycles. The van der Waals surface area contributed by atoms with Crippen LogP contribution < -0.4 is 10.1 Å². The summed E-state index contributed by atoms with van der Waals surface area (Å²) >= 11 is 2.73. The molecule has 4 rings (SSSR count). The largest absolute Gasteiger partial charge is 0.457 e. The Balaban J connectivity index is 1.62. The molecule has 0 unspecified atom stereocenters. The maximum Gasteiger partial charge on any atom is 0.257 e. The lowest BCUT2D eigenvalue weighted by Gasteiger charge is -2.10. The van der Waals surface area contributed by atoms with Crippen molar-refractivity contribution in [3.05, 3.63) is 65.2 Å². The molecule has 0 spiro atoms. The summed E-state index contributed by atoms with van der Waals surface area (Å²) in [6.45, 7) is 2.03. The van der Waals surface area contributed by atoms with Crippen LogP contribution in [0.1, 0.15) is 15.2 Å². The summed E-state index contributed by atoms with van der Waals surface area (Å²) in [5, 5.41) is 7.98. The van der Waals surface area contributed by atoms with Gasteiger partial charge >= 0.3 is 0 Å². The topological polar surface area (TPSA) is 74.6 Å². The molecule has 0 fully saturated rings. The second-order valence-corrected chi connectivity index (χ2v) is 8.53. The van der Waals surface area contributed by atoms with Gasteiger partial charge in [0.2, 0.25) is 0 Å². The minimum atomic E-state index is -0.241. The molecule has 7 nitrogen and oxygen atoms in total. The molecule has 9 heteroatoms. The first kappa shape index (κ1) is 20.4. The van der Waals surface area contributed by atoms with Gasteiger partial charge in [0.1, 0.15) is 11.5 Å². The molecule has 0 aliphatic rings. The molecule has 1 N–H and O–H groups in total. The lowest BCUT2D eigenvalue weighted by Crippen LogP contribution is -2.12. The third-order valence-electron chi connectivity index (χ3n) is 4.19. The first-order valence-corrected chi connectivity index (χ1v) is 10.6. The van der Waals surface area contributed by atoms with Gasteiger partial charge in [-0.25, -0.2) is 4.89 Å². The third-order valence-corrected chi connectivity index (χ3v) is 5.86. The van der Waals surface area contributed by atoms with Crippen LogP contribution in [0.2, 0.25) is 0 Å². The van der Waals surface area contributed by atoms with Gasteiger partial charge in [0.25, 0.3) is 5.91 Å². The fourth-order valence-electron chi connectivity index (χ4n) is 2.88. The Morgan fingerprint density at radius 1 is 1.17 bits per heavy atom. The maximum atomic E-state index is 12.8. The van der Waals surface area contributed by atoms with E-state index in [2.05, 4.69) is 21.4 Å². The minimum absolute atomic E-state index is 0.241. The Hall–Kier alpha value is -2.85. The van der Waals surface area contributed by atoms with Crippen LogP contribution in [0.15, 0.2) is 59.6 Å². The van der Waals surface area contributed by atoms with Crippen molar-refractivity contribution in [2.45, 2.75) is 11.8 Å². The van der Waals surface area contributed by atoms with Crippen LogP contribution >= 0.6 is 23.4 Å². The van der Waals surface area contributed by atoms with Gasteiger partial charge in [-0.05, 0) is 49.4 Å². The van der Waals surface area contributed by atoms with Crippen molar-refractivity contribution in [2.24, 2.45) is 7.05 Å². The molecule has 2 heterocycles. The van der Waals surface area contributed by atoms with Crippen LogP contribution in [0, 0.1) is 6.92 Å². The number of ether oxygens (including phenoxy) is 1. The van der Waals surface area contributed by atoms with Gasteiger partial charge in [-0.1, -0.05) is 0 Å². The fraction of sp³-hybridized carbons (Fsp3) is 0.143. The highest BCUT2D eigenvalue weighted by atomic mass is 32.2. The molecule has 0 saturated carbocycles. The molecule has 0 aliphatic carbocycles. The van der Waals surface area contributed by atoms with E-state index in [1.165, 1.54) is 7.11 Å². The summed E-state index contributed by atoms with van der Waals surface area (Å²) in [6, 6.07) is 14.9. The second-order valence-electron chi connectivity index (χ2n) is 6.46. The van der Waals surface area contributed by atoms with E-state index in [4.69, 9.17) is 9.07 Å². The number of hydrogen-bond acceptors (Lipinski definition) is 7. The van der Waals surface area contributed by atoms with E-state index in [-0.39, 0.29) is 5.91 Å². The molecule has 2 aromatic heterocycles. The predicted octanol–water partition coefficient (Wildman–Crippen LogP) is 5.57. The van der Waals surface area contributed by atoms with E-state index in [9.17, 15) is 4.79 Å². The van der Waals surface area contributed by atoms with Gasteiger partial charge in [-0.2, -0.15) is 9.43 Å².